The Morgan fingerprint density at radius 3 is 2.79 bits per heavy atom. The van der Waals surface area contributed by atoms with Gasteiger partial charge in [0.05, 0.1) is 5.69 Å². The summed E-state index contributed by atoms with van der Waals surface area (Å²) in [5, 5.41) is 7.93. The Balaban J connectivity index is 1.69. The van der Waals surface area contributed by atoms with Crippen LogP contribution in [0.25, 0.3) is 5.69 Å². The highest BCUT2D eigenvalue weighted by Crippen LogP contribution is 2.30. The molecule has 0 amide bonds. The van der Waals surface area contributed by atoms with E-state index in [2.05, 4.69) is 41.6 Å². The van der Waals surface area contributed by atoms with Gasteiger partial charge in [0.15, 0.2) is 0 Å². The van der Waals surface area contributed by atoms with Gasteiger partial charge in [-0.25, -0.2) is 4.68 Å². The van der Waals surface area contributed by atoms with Crippen LogP contribution in [0.1, 0.15) is 32.6 Å². The third kappa shape index (κ3) is 2.65. The molecular formula is C16H21N3. The van der Waals surface area contributed by atoms with Gasteiger partial charge in [-0.05, 0) is 49.1 Å². The molecule has 3 heteroatoms. The molecule has 2 unspecified atom stereocenters. The van der Waals surface area contributed by atoms with Crippen molar-refractivity contribution in [1.29, 1.82) is 0 Å². The fourth-order valence-electron chi connectivity index (χ4n) is 3.06. The molecule has 19 heavy (non-hydrogen) atoms. The molecule has 3 rings (SSSR count). The number of aromatic nitrogens is 2. The van der Waals surface area contributed by atoms with Gasteiger partial charge in [0.2, 0.25) is 0 Å². The predicted molar refractivity (Wildman–Crippen MR) is 78.6 cm³/mol. The zero-order valence-electron chi connectivity index (χ0n) is 11.4. The number of nitrogens with zero attached hydrogens (tertiary/aromatic N) is 2. The number of hydrogen-bond donors (Lipinski definition) is 1. The summed E-state index contributed by atoms with van der Waals surface area (Å²) in [5.41, 5.74) is 2.33. The van der Waals surface area contributed by atoms with Crippen molar-refractivity contribution in [2.75, 3.05) is 5.32 Å². The first-order valence-corrected chi connectivity index (χ1v) is 7.23. The number of benzene rings is 1. The van der Waals surface area contributed by atoms with E-state index >= 15 is 0 Å². The Morgan fingerprint density at radius 1 is 1.26 bits per heavy atom. The maximum atomic E-state index is 4.24. The first kappa shape index (κ1) is 12.3. The molecule has 1 aromatic carbocycles. The summed E-state index contributed by atoms with van der Waals surface area (Å²) in [4.78, 5) is 0. The number of anilines is 1. The molecular weight excluding hydrogens is 234 g/mol. The summed E-state index contributed by atoms with van der Waals surface area (Å²) in [6.07, 6.45) is 9.09. The van der Waals surface area contributed by atoms with E-state index in [-0.39, 0.29) is 0 Å². The monoisotopic (exact) mass is 255 g/mol. The SMILES string of the molecule is CCC1CCCC1Nc1ccc(-n2cccn2)cc1. The molecule has 3 nitrogen and oxygen atoms in total. The van der Waals surface area contributed by atoms with E-state index in [1.807, 2.05) is 16.9 Å². The predicted octanol–water partition coefficient (Wildman–Crippen LogP) is 3.86. The minimum absolute atomic E-state index is 0.653. The molecule has 1 aromatic heterocycles. The van der Waals surface area contributed by atoms with Crippen LogP contribution in [0.15, 0.2) is 42.7 Å². The summed E-state index contributed by atoms with van der Waals surface area (Å²) >= 11 is 0. The maximum absolute atomic E-state index is 4.24. The van der Waals surface area contributed by atoms with Crippen molar-refractivity contribution in [3.05, 3.63) is 42.7 Å². The van der Waals surface area contributed by atoms with Crippen molar-refractivity contribution in [2.45, 2.75) is 38.6 Å². The first-order valence-electron chi connectivity index (χ1n) is 7.23. The third-order valence-electron chi connectivity index (χ3n) is 4.17. The molecule has 1 saturated carbocycles. The minimum atomic E-state index is 0.653. The van der Waals surface area contributed by atoms with Gasteiger partial charge in [-0.1, -0.05) is 19.8 Å². The number of nitrogens with one attached hydrogen (secondary N) is 1. The van der Waals surface area contributed by atoms with Gasteiger partial charge < -0.3 is 5.32 Å². The molecule has 1 aliphatic carbocycles. The molecule has 0 saturated heterocycles. The minimum Gasteiger partial charge on any atom is -0.382 e. The van der Waals surface area contributed by atoms with Crippen LogP contribution in [0.3, 0.4) is 0 Å². The molecule has 1 N–H and O–H groups in total. The fraction of sp³-hybridized carbons (Fsp3) is 0.438. The number of rotatable bonds is 4. The molecule has 0 spiro atoms. The van der Waals surface area contributed by atoms with E-state index in [4.69, 9.17) is 0 Å². The second-order valence-corrected chi connectivity index (χ2v) is 5.35. The smallest absolute Gasteiger partial charge is 0.0647 e. The summed E-state index contributed by atoms with van der Waals surface area (Å²) in [5.74, 6) is 0.839. The van der Waals surface area contributed by atoms with Crippen LogP contribution in [0, 0.1) is 5.92 Å². The molecule has 0 aliphatic heterocycles. The summed E-state index contributed by atoms with van der Waals surface area (Å²) < 4.78 is 1.88. The quantitative estimate of drug-likeness (QED) is 0.899. The lowest BCUT2D eigenvalue weighted by Crippen LogP contribution is -2.23. The van der Waals surface area contributed by atoms with E-state index in [0.29, 0.717) is 6.04 Å². The van der Waals surface area contributed by atoms with Crippen LogP contribution in [-0.2, 0) is 0 Å². The second kappa shape index (κ2) is 5.47. The molecule has 2 atom stereocenters. The van der Waals surface area contributed by atoms with Crippen molar-refractivity contribution in [3.63, 3.8) is 0 Å². The summed E-state index contributed by atoms with van der Waals surface area (Å²) in [6.45, 7) is 2.30. The van der Waals surface area contributed by atoms with Crippen molar-refractivity contribution in [3.8, 4) is 5.69 Å². The normalized spacial score (nSPS) is 22.6. The van der Waals surface area contributed by atoms with Gasteiger partial charge >= 0.3 is 0 Å². The lowest BCUT2D eigenvalue weighted by molar-refractivity contribution is 0.489. The average Bonchev–Trinajstić information content (AvgIpc) is 3.10. The first-order chi connectivity index (χ1) is 9.36. The Morgan fingerprint density at radius 2 is 2.11 bits per heavy atom. The Hall–Kier alpha value is -1.77. The lowest BCUT2D eigenvalue weighted by Gasteiger charge is -2.21. The third-order valence-corrected chi connectivity index (χ3v) is 4.17. The topological polar surface area (TPSA) is 29.9 Å². The van der Waals surface area contributed by atoms with E-state index in [1.165, 1.54) is 31.4 Å². The lowest BCUT2D eigenvalue weighted by atomic mass is 10.0. The maximum Gasteiger partial charge on any atom is 0.0647 e. The Bertz CT molecular complexity index is 501. The highest BCUT2D eigenvalue weighted by molar-refractivity contribution is 5.49. The van der Waals surface area contributed by atoms with Gasteiger partial charge in [-0.15, -0.1) is 0 Å². The van der Waals surface area contributed by atoms with Crippen LogP contribution in [0.4, 0.5) is 5.69 Å². The van der Waals surface area contributed by atoms with Crippen LogP contribution in [-0.4, -0.2) is 15.8 Å². The van der Waals surface area contributed by atoms with Gasteiger partial charge in [-0.3, -0.25) is 0 Å². The van der Waals surface area contributed by atoms with Crippen molar-refractivity contribution in [2.24, 2.45) is 5.92 Å². The van der Waals surface area contributed by atoms with Crippen molar-refractivity contribution in [1.82, 2.24) is 9.78 Å². The molecule has 0 bridgehead atoms. The second-order valence-electron chi connectivity index (χ2n) is 5.35. The molecule has 2 aromatic rings. The van der Waals surface area contributed by atoms with Crippen LogP contribution in [0.2, 0.25) is 0 Å². The van der Waals surface area contributed by atoms with Gasteiger partial charge in [0, 0.05) is 24.1 Å². The van der Waals surface area contributed by atoms with Crippen LogP contribution < -0.4 is 5.32 Å². The Kier molecular flexibility index (Phi) is 3.53. The summed E-state index contributed by atoms with van der Waals surface area (Å²) in [6, 6.07) is 11.1. The molecule has 0 radical (unpaired) electrons. The van der Waals surface area contributed by atoms with Crippen molar-refractivity contribution >= 4 is 5.69 Å². The molecule has 1 heterocycles. The summed E-state index contributed by atoms with van der Waals surface area (Å²) in [7, 11) is 0. The highest BCUT2D eigenvalue weighted by atomic mass is 15.3. The van der Waals surface area contributed by atoms with E-state index < -0.39 is 0 Å². The average molecular weight is 255 g/mol. The van der Waals surface area contributed by atoms with E-state index in [9.17, 15) is 0 Å². The van der Waals surface area contributed by atoms with E-state index in [0.717, 1.165) is 11.6 Å². The van der Waals surface area contributed by atoms with Crippen molar-refractivity contribution < 1.29 is 0 Å². The van der Waals surface area contributed by atoms with Gasteiger partial charge in [0.25, 0.3) is 0 Å². The molecule has 1 aliphatic rings. The zero-order valence-corrected chi connectivity index (χ0v) is 11.4. The highest BCUT2D eigenvalue weighted by Gasteiger charge is 2.25. The van der Waals surface area contributed by atoms with Gasteiger partial charge in [-0.2, -0.15) is 5.10 Å². The standard InChI is InChI=1S/C16H21N3/c1-2-13-5-3-6-16(13)18-14-7-9-15(10-8-14)19-12-4-11-17-19/h4,7-13,16,18H,2-3,5-6H2,1H3. The Labute approximate surface area is 114 Å². The largest absolute Gasteiger partial charge is 0.382 e. The van der Waals surface area contributed by atoms with Gasteiger partial charge in [0.1, 0.15) is 0 Å². The number of hydrogen-bond acceptors (Lipinski definition) is 2. The molecule has 100 valence electrons. The van der Waals surface area contributed by atoms with Crippen LogP contribution in [0.5, 0.6) is 0 Å². The van der Waals surface area contributed by atoms with Crippen LogP contribution >= 0.6 is 0 Å². The zero-order chi connectivity index (χ0) is 13.1. The van der Waals surface area contributed by atoms with E-state index in [1.54, 1.807) is 6.20 Å². The fourth-order valence-corrected chi connectivity index (χ4v) is 3.06. The molecule has 1 fully saturated rings.